The first-order chi connectivity index (χ1) is 4.58. The van der Waals surface area contributed by atoms with Crippen molar-refractivity contribution in [3.8, 4) is 0 Å². The van der Waals surface area contributed by atoms with E-state index in [4.69, 9.17) is 0 Å². The number of ether oxygens (including phenoxy) is 1. The van der Waals surface area contributed by atoms with Gasteiger partial charge in [-0.1, -0.05) is 0 Å². The Hall–Kier alpha value is -0.230. The lowest BCUT2D eigenvalue weighted by Crippen LogP contribution is -2.22. The fraction of sp³-hybridized carbons (Fsp3) is 0.750. The number of rotatable bonds is 1. The monoisotopic (exact) mass is 171 g/mol. The van der Waals surface area contributed by atoms with E-state index in [1.807, 2.05) is 0 Å². The van der Waals surface area contributed by atoms with E-state index in [-0.39, 0.29) is 5.75 Å². The Labute approximate surface area is 59.5 Å². The molecule has 0 aromatic carbocycles. The van der Waals surface area contributed by atoms with E-state index in [1.165, 1.54) is 17.3 Å². The summed E-state index contributed by atoms with van der Waals surface area (Å²) in [5, 5.41) is 0. The summed E-state index contributed by atoms with van der Waals surface area (Å²) in [5.74, 6) is 0.250. The van der Waals surface area contributed by atoms with Crippen molar-refractivity contribution in [2.24, 2.45) is 4.99 Å². The molecule has 0 amide bonds. The van der Waals surface area contributed by atoms with Crippen LogP contribution < -0.4 is 0 Å². The Morgan fingerprint density at radius 3 is 2.70 bits per heavy atom. The molecule has 1 unspecified atom stereocenters. The van der Waals surface area contributed by atoms with Crippen molar-refractivity contribution in [2.45, 2.75) is 12.6 Å². The average molecular weight is 171 g/mol. The van der Waals surface area contributed by atoms with Crippen LogP contribution in [0.4, 0.5) is 13.2 Å². The molecule has 0 aromatic rings. The van der Waals surface area contributed by atoms with Crippen LogP contribution in [0, 0.1) is 0 Å². The number of thioether (sulfide) groups is 1. The summed E-state index contributed by atoms with van der Waals surface area (Å²) in [6, 6.07) is 0. The van der Waals surface area contributed by atoms with Gasteiger partial charge in [0, 0.05) is 5.75 Å². The second kappa shape index (κ2) is 2.79. The molecule has 1 aliphatic heterocycles. The van der Waals surface area contributed by atoms with E-state index in [0.29, 0.717) is 0 Å². The van der Waals surface area contributed by atoms with Gasteiger partial charge in [0.25, 0.3) is 0 Å². The molecule has 0 radical (unpaired) electrons. The highest BCUT2D eigenvalue weighted by Crippen LogP contribution is 2.23. The highest BCUT2D eigenvalue weighted by Gasteiger charge is 2.34. The third kappa shape index (κ3) is 2.57. The van der Waals surface area contributed by atoms with Gasteiger partial charge in [0.2, 0.25) is 0 Å². The Bertz CT molecular complexity index is 146. The van der Waals surface area contributed by atoms with Gasteiger partial charge in [-0.3, -0.25) is 9.73 Å². The van der Waals surface area contributed by atoms with Gasteiger partial charge in [-0.15, -0.1) is 24.9 Å². The smallest absolute Gasteiger partial charge is 0.265 e. The van der Waals surface area contributed by atoms with Crippen molar-refractivity contribution in [3.05, 3.63) is 0 Å². The van der Waals surface area contributed by atoms with Gasteiger partial charge < -0.3 is 0 Å². The summed E-state index contributed by atoms with van der Waals surface area (Å²) >= 11 is 1.21. The summed E-state index contributed by atoms with van der Waals surface area (Å²) in [5.41, 5.74) is 1.36. The van der Waals surface area contributed by atoms with E-state index in [0.717, 1.165) is 0 Å². The number of aliphatic imine (C=N–C) groups is 1. The van der Waals surface area contributed by atoms with Crippen LogP contribution in [0.3, 0.4) is 0 Å². The average Bonchev–Trinajstić information content (AvgIpc) is 2.12. The molecule has 1 aliphatic rings. The van der Waals surface area contributed by atoms with Gasteiger partial charge >= 0.3 is 6.36 Å². The van der Waals surface area contributed by atoms with Crippen LogP contribution in [-0.4, -0.2) is 23.9 Å². The Kier molecular flexibility index (Phi) is 2.20. The van der Waals surface area contributed by atoms with Crippen molar-refractivity contribution >= 4 is 17.3 Å². The highest BCUT2D eigenvalue weighted by atomic mass is 32.2. The number of alkyl halides is 3. The Morgan fingerprint density at radius 1 is 1.60 bits per heavy atom. The van der Waals surface area contributed by atoms with Crippen molar-refractivity contribution in [3.63, 3.8) is 0 Å². The molecule has 0 saturated heterocycles. The van der Waals surface area contributed by atoms with Gasteiger partial charge in [-0.05, 0) is 0 Å². The maximum Gasteiger partial charge on any atom is 0.524 e. The lowest BCUT2D eigenvalue weighted by Gasteiger charge is -2.09. The van der Waals surface area contributed by atoms with Crippen molar-refractivity contribution < 1.29 is 17.9 Å². The largest absolute Gasteiger partial charge is 0.524 e. The van der Waals surface area contributed by atoms with Crippen molar-refractivity contribution in [2.75, 3.05) is 5.75 Å². The van der Waals surface area contributed by atoms with E-state index >= 15 is 0 Å². The Morgan fingerprint density at radius 2 is 2.30 bits per heavy atom. The molecule has 10 heavy (non-hydrogen) atoms. The number of hydrogen-bond donors (Lipinski definition) is 0. The molecule has 0 aromatic heterocycles. The number of hydrogen-bond acceptors (Lipinski definition) is 3. The topological polar surface area (TPSA) is 21.6 Å². The minimum absolute atomic E-state index is 0.250. The maximum atomic E-state index is 11.4. The summed E-state index contributed by atoms with van der Waals surface area (Å²) in [4.78, 5) is 3.42. The zero-order valence-electron chi connectivity index (χ0n) is 4.76. The predicted octanol–water partition coefficient (Wildman–Crippen LogP) is 1.62. The first-order valence-corrected chi connectivity index (χ1v) is 3.50. The molecular formula is C4H4F3NOS. The summed E-state index contributed by atoms with van der Waals surface area (Å²) in [6.45, 7) is 0. The summed E-state index contributed by atoms with van der Waals surface area (Å²) < 4.78 is 37.8. The molecule has 1 atom stereocenters. The zero-order chi connectivity index (χ0) is 7.61. The van der Waals surface area contributed by atoms with Crippen molar-refractivity contribution in [1.29, 1.82) is 0 Å². The molecule has 1 rings (SSSR count). The van der Waals surface area contributed by atoms with E-state index in [1.54, 1.807) is 0 Å². The number of nitrogens with zero attached hydrogens (tertiary/aromatic N) is 1. The zero-order valence-corrected chi connectivity index (χ0v) is 5.58. The van der Waals surface area contributed by atoms with Crippen LogP contribution in [-0.2, 0) is 4.74 Å². The second-order valence-corrected chi connectivity index (χ2v) is 2.48. The molecule has 0 fully saturated rings. The van der Waals surface area contributed by atoms with Crippen LogP contribution in [0.1, 0.15) is 0 Å². The minimum Gasteiger partial charge on any atom is -0.265 e. The molecule has 0 spiro atoms. The quantitative estimate of drug-likeness (QED) is 0.598. The molecule has 6 heteroatoms. The van der Waals surface area contributed by atoms with E-state index < -0.39 is 12.6 Å². The lowest BCUT2D eigenvalue weighted by molar-refractivity contribution is -0.338. The van der Waals surface area contributed by atoms with Crippen LogP contribution in [0.5, 0.6) is 0 Å². The maximum absolute atomic E-state index is 11.4. The first-order valence-electron chi connectivity index (χ1n) is 2.46. The molecule has 2 nitrogen and oxygen atoms in total. The first kappa shape index (κ1) is 7.87. The molecule has 1 heterocycles. The Balaban J connectivity index is 2.31. The molecule has 0 N–H and O–H groups in total. The van der Waals surface area contributed by atoms with Gasteiger partial charge in [0.05, 0.1) is 5.55 Å². The minimum atomic E-state index is -4.56. The molecule has 0 saturated carbocycles. The fourth-order valence-corrected chi connectivity index (χ4v) is 1.12. The lowest BCUT2D eigenvalue weighted by atomic mass is 10.7. The van der Waals surface area contributed by atoms with Gasteiger partial charge in [-0.2, -0.15) is 0 Å². The third-order valence-corrected chi connectivity index (χ3v) is 1.56. The predicted molar refractivity (Wildman–Crippen MR) is 31.9 cm³/mol. The highest BCUT2D eigenvalue weighted by molar-refractivity contribution is 8.12. The van der Waals surface area contributed by atoms with Crippen molar-refractivity contribution in [1.82, 2.24) is 0 Å². The van der Waals surface area contributed by atoms with Crippen LogP contribution in [0.2, 0.25) is 0 Å². The van der Waals surface area contributed by atoms with Crippen LogP contribution in [0.25, 0.3) is 0 Å². The summed E-state index contributed by atoms with van der Waals surface area (Å²) in [7, 11) is 0. The van der Waals surface area contributed by atoms with Crippen LogP contribution in [0.15, 0.2) is 4.99 Å². The molecule has 0 aliphatic carbocycles. The SMILES string of the molecule is FC(F)(F)OC1CSC=N1. The van der Waals surface area contributed by atoms with Gasteiger partial charge in [-0.25, -0.2) is 0 Å². The third-order valence-electron chi connectivity index (χ3n) is 0.810. The molecule has 0 bridgehead atoms. The standard InChI is InChI=1S/C4H4F3NOS/c5-4(6,7)9-3-1-10-2-8-3/h2-3H,1H2. The second-order valence-electron chi connectivity index (χ2n) is 1.61. The van der Waals surface area contributed by atoms with E-state index in [9.17, 15) is 13.2 Å². The van der Waals surface area contributed by atoms with Crippen LogP contribution >= 0.6 is 11.8 Å². The number of halogens is 3. The van der Waals surface area contributed by atoms with E-state index in [2.05, 4.69) is 9.73 Å². The molecule has 58 valence electrons. The fourth-order valence-electron chi connectivity index (χ4n) is 0.498. The summed E-state index contributed by atoms with van der Waals surface area (Å²) in [6.07, 6.45) is -5.60. The van der Waals surface area contributed by atoms with Gasteiger partial charge in [0.1, 0.15) is 0 Å². The normalized spacial score (nSPS) is 25.7. The van der Waals surface area contributed by atoms with Gasteiger partial charge in [0.15, 0.2) is 6.23 Å². The molecular weight excluding hydrogens is 167 g/mol.